The van der Waals surface area contributed by atoms with Gasteiger partial charge in [-0.2, -0.15) is 0 Å². The van der Waals surface area contributed by atoms with E-state index in [-0.39, 0.29) is 13.0 Å². The minimum Gasteiger partial charge on any atom is -0.380 e. The number of fused-ring (bicyclic) bond motifs is 2. The predicted molar refractivity (Wildman–Crippen MR) is 147 cm³/mol. The van der Waals surface area contributed by atoms with Crippen LogP contribution < -0.4 is 5.32 Å². The van der Waals surface area contributed by atoms with Gasteiger partial charge in [-0.1, -0.05) is 12.1 Å². The molecular weight excluding hydrogens is 496 g/mol. The van der Waals surface area contributed by atoms with E-state index in [1.807, 2.05) is 43.0 Å². The van der Waals surface area contributed by atoms with Crippen LogP contribution in [0.15, 0.2) is 79.8 Å². The molecular formula is C30H25F2N7. The second-order valence-corrected chi connectivity index (χ2v) is 10.1. The van der Waals surface area contributed by atoms with Crippen molar-refractivity contribution in [3.8, 4) is 22.4 Å². The highest BCUT2D eigenvalue weighted by Gasteiger charge is 2.37. The van der Waals surface area contributed by atoms with Crippen LogP contribution in [0.1, 0.15) is 23.2 Å². The van der Waals surface area contributed by atoms with E-state index in [9.17, 15) is 8.78 Å². The highest BCUT2D eigenvalue weighted by atomic mass is 19.3. The van der Waals surface area contributed by atoms with Crippen molar-refractivity contribution >= 4 is 22.2 Å². The molecule has 7 rings (SSSR count). The van der Waals surface area contributed by atoms with Crippen molar-refractivity contribution in [3.05, 3.63) is 96.6 Å². The third-order valence-corrected chi connectivity index (χ3v) is 7.35. The summed E-state index contributed by atoms with van der Waals surface area (Å²) in [5, 5.41) is 4.49. The van der Waals surface area contributed by atoms with Crippen LogP contribution in [0.3, 0.4) is 0 Å². The van der Waals surface area contributed by atoms with Crippen molar-refractivity contribution in [1.29, 1.82) is 0 Å². The molecule has 0 saturated carbocycles. The Morgan fingerprint density at radius 2 is 1.82 bits per heavy atom. The lowest BCUT2D eigenvalue weighted by Crippen LogP contribution is -2.24. The smallest absolute Gasteiger partial charge is 0.261 e. The monoisotopic (exact) mass is 521 g/mol. The van der Waals surface area contributed by atoms with Crippen molar-refractivity contribution in [1.82, 2.24) is 29.8 Å². The van der Waals surface area contributed by atoms with Gasteiger partial charge in [-0.15, -0.1) is 0 Å². The van der Waals surface area contributed by atoms with E-state index < -0.39 is 5.92 Å². The topological polar surface area (TPSA) is 82.6 Å². The maximum absolute atomic E-state index is 13.7. The Hall–Kier alpha value is -4.50. The Morgan fingerprint density at radius 3 is 2.67 bits per heavy atom. The number of aromatic nitrogens is 5. The van der Waals surface area contributed by atoms with E-state index in [4.69, 9.17) is 4.98 Å². The first-order valence-electron chi connectivity index (χ1n) is 12.9. The van der Waals surface area contributed by atoms with Gasteiger partial charge in [0.2, 0.25) is 0 Å². The molecule has 1 fully saturated rings. The minimum absolute atomic E-state index is 0.0951. The highest BCUT2D eigenvalue weighted by molar-refractivity contribution is 5.99. The Kier molecular flexibility index (Phi) is 5.66. The first-order chi connectivity index (χ1) is 19.0. The van der Waals surface area contributed by atoms with Crippen molar-refractivity contribution in [2.45, 2.75) is 18.9 Å². The Bertz CT molecular complexity index is 1710. The third kappa shape index (κ3) is 4.55. The largest absolute Gasteiger partial charge is 0.380 e. The number of nitrogens with one attached hydrogen (secondary N) is 2. The standard InChI is InChI=1S/C30H25F2N7/c31-30(32)4-7-39(18-30)17-19-8-21(13-34-11-19)26-9-23-22(3-6-36-28(23)16-37-26)27-10-24-25(14-35-15-29(24)38-27)20-2-1-5-33-12-20/h1-3,5,8-16,36,38H,4,6-7,17-18H2. The molecule has 9 heteroatoms. The van der Waals surface area contributed by atoms with Crippen LogP contribution in [-0.2, 0) is 6.54 Å². The van der Waals surface area contributed by atoms with E-state index in [1.54, 1.807) is 23.5 Å². The van der Waals surface area contributed by atoms with Crippen molar-refractivity contribution in [3.63, 3.8) is 0 Å². The zero-order valence-corrected chi connectivity index (χ0v) is 21.0. The number of alkyl halides is 2. The molecule has 7 heterocycles. The van der Waals surface area contributed by atoms with Crippen LogP contribution in [0.25, 0.3) is 38.9 Å². The van der Waals surface area contributed by atoms with Gasteiger partial charge in [-0.05, 0) is 29.8 Å². The number of hydrogen-bond donors (Lipinski definition) is 2. The van der Waals surface area contributed by atoms with E-state index >= 15 is 0 Å². The van der Waals surface area contributed by atoms with Gasteiger partial charge in [0.05, 0.1) is 35.8 Å². The molecule has 194 valence electrons. The molecule has 0 bridgehead atoms. The molecule has 0 aromatic carbocycles. The van der Waals surface area contributed by atoms with Crippen LogP contribution in [0.4, 0.5) is 14.5 Å². The Labute approximate surface area is 223 Å². The minimum atomic E-state index is -2.61. The molecule has 5 aromatic heterocycles. The van der Waals surface area contributed by atoms with Crippen LogP contribution in [0.2, 0.25) is 0 Å². The van der Waals surface area contributed by atoms with Crippen molar-refractivity contribution in [2.24, 2.45) is 0 Å². The van der Waals surface area contributed by atoms with Gasteiger partial charge in [0.1, 0.15) is 0 Å². The maximum Gasteiger partial charge on any atom is 0.261 e. The number of pyridine rings is 4. The molecule has 2 aliphatic rings. The summed E-state index contributed by atoms with van der Waals surface area (Å²) in [7, 11) is 0. The summed E-state index contributed by atoms with van der Waals surface area (Å²) in [6.45, 7) is 1.30. The summed E-state index contributed by atoms with van der Waals surface area (Å²) in [6.07, 6.45) is 14.7. The Morgan fingerprint density at radius 1 is 0.923 bits per heavy atom. The zero-order valence-electron chi connectivity index (χ0n) is 21.0. The van der Waals surface area contributed by atoms with E-state index in [1.165, 1.54) is 0 Å². The van der Waals surface area contributed by atoms with E-state index in [2.05, 4.69) is 43.5 Å². The number of H-pyrrole nitrogens is 1. The van der Waals surface area contributed by atoms with E-state index in [0.717, 1.165) is 61.4 Å². The number of halogens is 2. The average molecular weight is 522 g/mol. The lowest BCUT2D eigenvalue weighted by atomic mass is 9.96. The SMILES string of the molecule is FC1(F)CCN(Cc2cncc(-c3cc4c(cn3)NCC=C4c3cc4c(-c5cccnc5)cncc4[nH]3)c2)C1. The normalized spacial score (nSPS) is 16.6. The van der Waals surface area contributed by atoms with Crippen LogP contribution in [0, 0.1) is 0 Å². The summed E-state index contributed by atoms with van der Waals surface area (Å²) >= 11 is 0. The molecule has 2 N–H and O–H groups in total. The average Bonchev–Trinajstić information content (AvgIpc) is 3.55. The Balaban J connectivity index is 1.23. The molecule has 1 saturated heterocycles. The molecule has 5 aromatic rings. The number of rotatable bonds is 5. The van der Waals surface area contributed by atoms with Crippen LogP contribution in [-0.4, -0.2) is 55.4 Å². The van der Waals surface area contributed by atoms with Gasteiger partial charge >= 0.3 is 0 Å². The predicted octanol–water partition coefficient (Wildman–Crippen LogP) is 5.78. The van der Waals surface area contributed by atoms with Crippen LogP contribution >= 0.6 is 0 Å². The van der Waals surface area contributed by atoms with Gasteiger partial charge in [0, 0.05) is 95.9 Å². The number of hydrogen-bond acceptors (Lipinski definition) is 6. The summed E-state index contributed by atoms with van der Waals surface area (Å²) < 4.78 is 27.3. The molecule has 0 radical (unpaired) electrons. The number of likely N-dealkylation sites (tertiary alicyclic amines) is 1. The molecule has 2 aliphatic heterocycles. The van der Waals surface area contributed by atoms with Gasteiger partial charge < -0.3 is 10.3 Å². The second-order valence-electron chi connectivity index (χ2n) is 10.1. The van der Waals surface area contributed by atoms with Crippen molar-refractivity contribution in [2.75, 3.05) is 25.0 Å². The fourth-order valence-corrected chi connectivity index (χ4v) is 5.47. The van der Waals surface area contributed by atoms with Gasteiger partial charge in [-0.25, -0.2) is 8.78 Å². The van der Waals surface area contributed by atoms with E-state index in [0.29, 0.717) is 19.6 Å². The number of aromatic amines is 1. The highest BCUT2D eigenvalue weighted by Crippen LogP contribution is 2.37. The summed E-state index contributed by atoms with van der Waals surface area (Å²) in [5.74, 6) is -2.61. The fraction of sp³-hybridized carbons (Fsp3) is 0.200. The third-order valence-electron chi connectivity index (χ3n) is 7.35. The van der Waals surface area contributed by atoms with Gasteiger partial charge in [-0.3, -0.25) is 24.8 Å². The molecule has 7 nitrogen and oxygen atoms in total. The summed E-state index contributed by atoms with van der Waals surface area (Å²) in [6, 6.07) is 10.2. The van der Waals surface area contributed by atoms with Gasteiger partial charge in [0.25, 0.3) is 5.92 Å². The maximum atomic E-state index is 13.7. The second kappa shape index (κ2) is 9.36. The molecule has 0 atom stereocenters. The lowest BCUT2D eigenvalue weighted by Gasteiger charge is -2.20. The van der Waals surface area contributed by atoms with Gasteiger partial charge in [0.15, 0.2) is 0 Å². The molecule has 0 aliphatic carbocycles. The number of nitrogens with zero attached hydrogens (tertiary/aromatic N) is 5. The fourth-order valence-electron chi connectivity index (χ4n) is 5.47. The first-order valence-corrected chi connectivity index (χ1v) is 12.9. The molecule has 0 spiro atoms. The number of anilines is 1. The molecule has 0 unspecified atom stereocenters. The summed E-state index contributed by atoms with van der Waals surface area (Å²) in [5.41, 5.74) is 9.54. The zero-order chi connectivity index (χ0) is 26.4. The van der Waals surface area contributed by atoms with Crippen LogP contribution in [0.5, 0.6) is 0 Å². The molecule has 39 heavy (non-hydrogen) atoms. The quantitative estimate of drug-likeness (QED) is 0.305. The first kappa shape index (κ1) is 23.6. The molecule has 0 amide bonds. The van der Waals surface area contributed by atoms with Crippen molar-refractivity contribution < 1.29 is 8.78 Å². The summed E-state index contributed by atoms with van der Waals surface area (Å²) in [4.78, 5) is 23.1. The lowest BCUT2D eigenvalue weighted by molar-refractivity contribution is 0.0115.